The first kappa shape index (κ1) is 14.5. The summed E-state index contributed by atoms with van der Waals surface area (Å²) in [6.07, 6.45) is -5.29. The average Bonchev–Trinajstić information content (AvgIpc) is 2.27. The Morgan fingerprint density at radius 2 is 2.05 bits per heavy atom. The molecule has 0 saturated heterocycles. The van der Waals surface area contributed by atoms with Crippen LogP contribution in [-0.4, -0.2) is 29.3 Å². The number of hydrogen-bond donors (Lipinski definition) is 1. The fourth-order valence-electron chi connectivity index (χ4n) is 1.13. The van der Waals surface area contributed by atoms with E-state index in [2.05, 4.69) is 9.47 Å². The molecule has 0 fully saturated rings. The minimum absolute atomic E-state index is 0.257. The van der Waals surface area contributed by atoms with Crippen molar-refractivity contribution >= 4 is 11.7 Å². The van der Waals surface area contributed by atoms with Crippen molar-refractivity contribution < 1.29 is 32.4 Å². The number of ether oxygens (including phenoxy) is 2. The third-order valence-electron chi connectivity index (χ3n) is 1.78. The number of rotatable bonds is 3. The largest absolute Gasteiger partial charge is 0.573 e. The van der Waals surface area contributed by atoms with Gasteiger partial charge in [0.2, 0.25) is 5.75 Å². The van der Waals surface area contributed by atoms with Gasteiger partial charge in [-0.05, 0) is 0 Å². The van der Waals surface area contributed by atoms with Crippen LogP contribution in [0.4, 0.5) is 18.9 Å². The molecule has 1 heterocycles. The van der Waals surface area contributed by atoms with E-state index in [9.17, 15) is 32.9 Å². The number of aromatic amines is 1. The van der Waals surface area contributed by atoms with Gasteiger partial charge in [0.15, 0.2) is 5.69 Å². The number of carbonyl (C=O) groups excluding carboxylic acids is 1. The second kappa shape index (κ2) is 4.96. The zero-order chi connectivity index (χ0) is 14.8. The van der Waals surface area contributed by atoms with E-state index in [4.69, 9.17) is 0 Å². The summed E-state index contributed by atoms with van der Waals surface area (Å²) in [5.41, 5.74) is -3.55. The van der Waals surface area contributed by atoms with Crippen molar-refractivity contribution in [3.05, 3.63) is 32.2 Å². The third kappa shape index (κ3) is 3.43. The van der Waals surface area contributed by atoms with Crippen LogP contribution in [0.3, 0.4) is 0 Å². The van der Waals surface area contributed by atoms with Crippen LogP contribution in [0.1, 0.15) is 10.5 Å². The number of alkyl halides is 3. The van der Waals surface area contributed by atoms with E-state index >= 15 is 0 Å². The highest BCUT2D eigenvalue weighted by atomic mass is 19.4. The molecule has 104 valence electrons. The van der Waals surface area contributed by atoms with Gasteiger partial charge in [-0.15, -0.1) is 13.2 Å². The molecule has 1 aromatic rings. The fraction of sp³-hybridized carbons (Fsp3) is 0.250. The lowest BCUT2D eigenvalue weighted by atomic mass is 10.3. The molecule has 11 heteroatoms. The monoisotopic (exact) mass is 282 g/mol. The topological polar surface area (TPSA) is 112 Å². The maximum absolute atomic E-state index is 12.1. The van der Waals surface area contributed by atoms with Crippen molar-refractivity contribution in [2.75, 3.05) is 7.11 Å². The molecule has 0 aromatic carbocycles. The smallest absolute Gasteiger partial charge is 0.464 e. The highest BCUT2D eigenvalue weighted by Gasteiger charge is 2.38. The normalized spacial score (nSPS) is 10.9. The highest BCUT2D eigenvalue weighted by molar-refractivity contribution is 5.91. The quantitative estimate of drug-likeness (QED) is 0.502. The lowest BCUT2D eigenvalue weighted by Gasteiger charge is -2.11. The van der Waals surface area contributed by atoms with E-state index in [1.807, 2.05) is 0 Å². The molecule has 0 radical (unpaired) electrons. The predicted molar refractivity (Wildman–Crippen MR) is 51.7 cm³/mol. The minimum Gasteiger partial charge on any atom is -0.464 e. The summed E-state index contributed by atoms with van der Waals surface area (Å²) in [5, 5.41) is 10.6. The number of nitrogens with zero attached hydrogens (tertiary/aromatic N) is 1. The highest BCUT2D eigenvalue weighted by Crippen LogP contribution is 2.33. The number of nitro groups is 1. The second-order valence-electron chi connectivity index (χ2n) is 3.02. The first-order valence-corrected chi connectivity index (χ1v) is 4.41. The summed E-state index contributed by atoms with van der Waals surface area (Å²) in [6, 6.07) is 0.257. The van der Waals surface area contributed by atoms with Crippen LogP contribution in [0, 0.1) is 10.1 Å². The maximum Gasteiger partial charge on any atom is 0.573 e. The van der Waals surface area contributed by atoms with Gasteiger partial charge >= 0.3 is 18.0 Å². The van der Waals surface area contributed by atoms with Crippen LogP contribution in [0.2, 0.25) is 0 Å². The molecular formula is C8H5F3N2O6. The summed E-state index contributed by atoms with van der Waals surface area (Å²) >= 11 is 0. The maximum atomic E-state index is 12.1. The van der Waals surface area contributed by atoms with E-state index in [0.29, 0.717) is 0 Å². The molecule has 0 aliphatic carbocycles. The number of halogens is 3. The van der Waals surface area contributed by atoms with Crippen molar-refractivity contribution in [2.45, 2.75) is 6.36 Å². The lowest BCUT2D eigenvalue weighted by molar-refractivity contribution is -0.388. The fourth-order valence-corrected chi connectivity index (χ4v) is 1.13. The Labute approximate surface area is 101 Å². The number of aromatic nitrogens is 1. The predicted octanol–water partition coefficient (Wildman–Crippen LogP) is 0.968. The van der Waals surface area contributed by atoms with Crippen LogP contribution in [0.5, 0.6) is 5.75 Å². The molecule has 0 unspecified atom stereocenters. The molecule has 1 N–H and O–H groups in total. The Hall–Kier alpha value is -2.59. The summed E-state index contributed by atoms with van der Waals surface area (Å²) in [7, 11) is 0.816. The van der Waals surface area contributed by atoms with E-state index in [1.165, 1.54) is 0 Å². The van der Waals surface area contributed by atoms with Crippen LogP contribution in [0.15, 0.2) is 10.9 Å². The SMILES string of the molecule is COC(=O)c1[nH]c(=O)cc([N+](=O)[O-])c1OC(F)(F)F. The molecule has 19 heavy (non-hydrogen) atoms. The molecule has 0 bridgehead atoms. The van der Waals surface area contributed by atoms with Crippen molar-refractivity contribution in [1.29, 1.82) is 0 Å². The lowest BCUT2D eigenvalue weighted by Crippen LogP contribution is -2.23. The molecular weight excluding hydrogens is 277 g/mol. The Bertz CT molecular complexity index is 579. The van der Waals surface area contributed by atoms with Gasteiger partial charge in [0.25, 0.3) is 5.56 Å². The standard InChI is InChI=1S/C8H5F3N2O6/c1-18-7(15)5-6(19-8(9,10)11)3(13(16)17)2-4(14)12-5/h2H,1H3,(H,12,14). The first-order valence-electron chi connectivity index (χ1n) is 4.41. The summed E-state index contributed by atoms with van der Waals surface area (Å²) < 4.78 is 43.9. The number of carbonyl (C=O) groups is 1. The zero-order valence-electron chi connectivity index (χ0n) is 9.11. The van der Waals surface area contributed by atoms with Gasteiger partial charge in [-0.3, -0.25) is 14.9 Å². The van der Waals surface area contributed by atoms with E-state index in [1.54, 1.807) is 4.98 Å². The van der Waals surface area contributed by atoms with Crippen LogP contribution in [0.25, 0.3) is 0 Å². The van der Waals surface area contributed by atoms with Crippen molar-refractivity contribution in [2.24, 2.45) is 0 Å². The molecule has 0 aliphatic rings. The van der Waals surface area contributed by atoms with Gasteiger partial charge in [-0.25, -0.2) is 4.79 Å². The Morgan fingerprint density at radius 1 is 1.47 bits per heavy atom. The van der Waals surface area contributed by atoms with Gasteiger partial charge in [-0.2, -0.15) is 0 Å². The van der Waals surface area contributed by atoms with Gasteiger partial charge in [0, 0.05) is 0 Å². The van der Waals surface area contributed by atoms with Gasteiger partial charge in [0.05, 0.1) is 18.1 Å². The number of H-pyrrole nitrogens is 1. The molecule has 0 saturated carbocycles. The van der Waals surface area contributed by atoms with Gasteiger partial charge in [0.1, 0.15) is 0 Å². The minimum atomic E-state index is -5.29. The zero-order valence-corrected chi connectivity index (χ0v) is 9.11. The molecule has 1 aromatic heterocycles. The summed E-state index contributed by atoms with van der Waals surface area (Å²) in [5.74, 6) is -2.86. The number of nitrogens with one attached hydrogen (secondary N) is 1. The average molecular weight is 282 g/mol. The molecule has 0 spiro atoms. The first-order chi connectivity index (χ1) is 8.65. The van der Waals surface area contributed by atoms with Crippen LogP contribution in [-0.2, 0) is 4.74 Å². The van der Waals surface area contributed by atoms with Gasteiger partial charge in [-0.1, -0.05) is 0 Å². The Kier molecular flexibility index (Phi) is 3.77. The number of methoxy groups -OCH3 is 1. The van der Waals surface area contributed by atoms with Crippen molar-refractivity contribution in [3.8, 4) is 5.75 Å². The summed E-state index contributed by atoms with van der Waals surface area (Å²) in [6.45, 7) is 0. The Morgan fingerprint density at radius 3 is 2.47 bits per heavy atom. The van der Waals surface area contributed by atoms with E-state index in [0.717, 1.165) is 7.11 Å². The van der Waals surface area contributed by atoms with E-state index in [-0.39, 0.29) is 6.07 Å². The van der Waals surface area contributed by atoms with Crippen molar-refractivity contribution in [1.82, 2.24) is 4.98 Å². The van der Waals surface area contributed by atoms with Crippen LogP contribution >= 0.6 is 0 Å². The summed E-state index contributed by atoms with van der Waals surface area (Å²) in [4.78, 5) is 33.2. The molecule has 0 atom stereocenters. The third-order valence-corrected chi connectivity index (χ3v) is 1.78. The molecule has 0 amide bonds. The van der Waals surface area contributed by atoms with Gasteiger partial charge < -0.3 is 14.5 Å². The Balaban J connectivity index is 3.56. The number of hydrogen-bond acceptors (Lipinski definition) is 6. The molecule has 1 rings (SSSR count). The molecule has 0 aliphatic heterocycles. The van der Waals surface area contributed by atoms with Crippen LogP contribution < -0.4 is 10.3 Å². The molecule has 8 nitrogen and oxygen atoms in total. The van der Waals surface area contributed by atoms with E-state index < -0.39 is 39.9 Å². The second-order valence-corrected chi connectivity index (χ2v) is 3.02. The number of pyridine rings is 1. The number of esters is 1. The van der Waals surface area contributed by atoms with Crippen molar-refractivity contribution in [3.63, 3.8) is 0 Å².